The molecule has 1 aromatic carbocycles. The number of hydrogen-bond donors (Lipinski definition) is 1. The van der Waals surface area contributed by atoms with Crippen molar-refractivity contribution in [2.45, 2.75) is 0 Å². The van der Waals surface area contributed by atoms with E-state index in [9.17, 15) is 0 Å². The second-order valence-corrected chi connectivity index (χ2v) is 3.31. The molecule has 19 heavy (non-hydrogen) atoms. The van der Waals surface area contributed by atoms with Gasteiger partial charge in [-0.2, -0.15) is 0 Å². The summed E-state index contributed by atoms with van der Waals surface area (Å²) in [5.41, 5.74) is 6.71. The first kappa shape index (κ1) is 30.5. The van der Waals surface area contributed by atoms with Gasteiger partial charge >= 0.3 is 122 Å². The summed E-state index contributed by atoms with van der Waals surface area (Å²) in [6, 6.07) is 10.0. The molecule has 0 aliphatic rings. The SMILES string of the molecule is N[C](=[W])c1ccccc1.[C-]#[O+].[C-]#[O+].[C-]#[O+].[C-]#[O+].[C-]#[O+]. The molecule has 1 rings (SSSR count). The van der Waals surface area contributed by atoms with E-state index in [4.69, 9.17) is 29.0 Å². The van der Waals surface area contributed by atoms with Gasteiger partial charge in [0.2, 0.25) is 0 Å². The molecule has 0 saturated heterocycles. The quantitative estimate of drug-likeness (QED) is 0.507. The second-order valence-electron chi connectivity index (χ2n) is 1.73. The van der Waals surface area contributed by atoms with Crippen molar-refractivity contribution in [1.29, 1.82) is 0 Å². The Morgan fingerprint density at radius 1 is 0.737 bits per heavy atom. The van der Waals surface area contributed by atoms with Gasteiger partial charge in [0.05, 0.1) is 0 Å². The number of benzene rings is 1. The first-order valence-corrected chi connectivity index (χ1v) is 5.14. The Morgan fingerprint density at radius 2 is 1.00 bits per heavy atom. The average molecular weight is 429 g/mol. The van der Waals surface area contributed by atoms with E-state index >= 15 is 0 Å². The first-order chi connectivity index (χ1) is 9.30. The van der Waals surface area contributed by atoms with Gasteiger partial charge in [-0.25, -0.2) is 0 Å². The van der Waals surface area contributed by atoms with Crippen LogP contribution in [0, 0.1) is 33.3 Å². The molecule has 0 aliphatic heterocycles. The molecule has 0 radical (unpaired) electrons. The Labute approximate surface area is 122 Å². The monoisotopic (exact) mass is 429 g/mol. The summed E-state index contributed by atoms with van der Waals surface area (Å²) in [6.07, 6.45) is 0. The van der Waals surface area contributed by atoms with Gasteiger partial charge in [0, 0.05) is 0 Å². The predicted octanol–water partition coefficient (Wildman–Crippen LogP) is 0.483. The standard InChI is InChI=1S/C7H7N.5CO.W/c8-6-7-4-2-1-3-5-7;5*1-2;/h1-5H,8H2;;;;;;. The predicted molar refractivity (Wildman–Crippen MR) is 54.4 cm³/mol. The van der Waals surface area contributed by atoms with Crippen LogP contribution in [0.1, 0.15) is 5.56 Å². The Bertz CT molecular complexity index is 357. The third-order valence-corrected chi connectivity index (χ3v) is 1.91. The van der Waals surface area contributed by atoms with E-state index in [2.05, 4.69) is 33.3 Å². The van der Waals surface area contributed by atoms with Crippen molar-refractivity contribution in [3.8, 4) is 0 Å². The zero-order valence-corrected chi connectivity index (χ0v) is 12.3. The molecule has 96 valence electrons. The van der Waals surface area contributed by atoms with Crippen LogP contribution in [0.2, 0.25) is 0 Å². The van der Waals surface area contributed by atoms with Gasteiger partial charge in [-0.1, -0.05) is 0 Å². The molecule has 2 N–H and O–H groups in total. The van der Waals surface area contributed by atoms with Crippen LogP contribution in [-0.4, -0.2) is 4.02 Å². The minimum atomic E-state index is 0.954. The number of nitrogens with two attached hydrogens (primary N) is 1. The molecule has 0 heterocycles. The molecule has 0 amide bonds. The maximum atomic E-state index is 7.50. The van der Waals surface area contributed by atoms with Crippen LogP contribution in [0.5, 0.6) is 0 Å². The van der Waals surface area contributed by atoms with Crippen LogP contribution in [0.25, 0.3) is 0 Å². The van der Waals surface area contributed by atoms with E-state index in [1.54, 1.807) is 0 Å². The molecule has 0 saturated carbocycles. The van der Waals surface area contributed by atoms with Crippen LogP contribution in [0.15, 0.2) is 30.3 Å². The van der Waals surface area contributed by atoms with E-state index in [0.717, 1.165) is 9.59 Å². The molecule has 0 aromatic heterocycles. The van der Waals surface area contributed by atoms with Crippen molar-refractivity contribution < 1.29 is 42.6 Å². The Morgan fingerprint density at radius 3 is 1.16 bits per heavy atom. The topological polar surface area (TPSA) is 126 Å². The summed E-state index contributed by atoms with van der Waals surface area (Å²) in [6.45, 7) is 22.5. The summed E-state index contributed by atoms with van der Waals surface area (Å²) in [4.78, 5) is 0. The molecule has 0 atom stereocenters. The normalized spacial score (nSPS) is 4.79. The second kappa shape index (κ2) is 44.0. The molecular weight excluding hydrogens is 422 g/mol. The van der Waals surface area contributed by atoms with Gasteiger partial charge in [-0.05, 0) is 0 Å². The molecule has 6 nitrogen and oxygen atoms in total. The zero-order valence-electron chi connectivity index (χ0n) is 9.41. The maximum absolute atomic E-state index is 7.50. The first-order valence-electron chi connectivity index (χ1n) is 3.67. The molecule has 0 spiro atoms. The van der Waals surface area contributed by atoms with Crippen LogP contribution in [-0.2, 0) is 42.6 Å². The van der Waals surface area contributed by atoms with Crippen molar-refractivity contribution >= 4 is 4.02 Å². The van der Waals surface area contributed by atoms with Crippen molar-refractivity contribution in [3.63, 3.8) is 0 Å². The molecular formula is C12H7NO5W. The number of hydrogen-bond acceptors (Lipinski definition) is 1. The van der Waals surface area contributed by atoms with E-state index < -0.39 is 0 Å². The van der Waals surface area contributed by atoms with E-state index in [1.165, 1.54) is 19.4 Å². The van der Waals surface area contributed by atoms with Gasteiger partial charge in [0.25, 0.3) is 0 Å². The fourth-order valence-electron chi connectivity index (χ4n) is 0.602. The number of rotatable bonds is 1. The fourth-order valence-corrected chi connectivity index (χ4v) is 1.09. The third kappa shape index (κ3) is 31.5. The molecule has 0 unspecified atom stereocenters. The molecule has 0 bridgehead atoms. The molecule has 1 aromatic rings. The molecule has 0 fully saturated rings. The van der Waals surface area contributed by atoms with Gasteiger partial charge in [0.1, 0.15) is 0 Å². The van der Waals surface area contributed by atoms with Crippen LogP contribution >= 0.6 is 0 Å². The molecule has 0 aliphatic carbocycles. The van der Waals surface area contributed by atoms with Gasteiger partial charge in [0.15, 0.2) is 0 Å². The van der Waals surface area contributed by atoms with Gasteiger partial charge < -0.3 is 0 Å². The average Bonchev–Trinajstić information content (AvgIpc) is 2.57. The fraction of sp³-hybridized carbons (Fsp3) is 0. The molecule has 7 heteroatoms. The van der Waals surface area contributed by atoms with E-state index in [1.807, 2.05) is 30.3 Å². The van der Waals surface area contributed by atoms with Crippen molar-refractivity contribution in [2.24, 2.45) is 5.73 Å². The van der Waals surface area contributed by atoms with Crippen LogP contribution < -0.4 is 5.73 Å². The van der Waals surface area contributed by atoms with Crippen LogP contribution in [0.4, 0.5) is 0 Å². The van der Waals surface area contributed by atoms with Gasteiger partial charge in [-0.3, -0.25) is 0 Å². The summed E-state index contributed by atoms with van der Waals surface area (Å²) < 4.78 is 38.5. The Hall–Kier alpha value is -1.56. The van der Waals surface area contributed by atoms with Gasteiger partial charge in [-0.15, -0.1) is 0 Å². The summed E-state index contributed by atoms with van der Waals surface area (Å²) in [7, 11) is 0. The summed E-state index contributed by atoms with van der Waals surface area (Å²) in [5.74, 6) is 0. The zero-order chi connectivity index (χ0) is 16.7. The minimum absolute atomic E-state index is 0.954. The van der Waals surface area contributed by atoms with E-state index in [-0.39, 0.29) is 0 Å². The Kier molecular flexibility index (Phi) is 70.5. The van der Waals surface area contributed by atoms with Crippen molar-refractivity contribution in [1.82, 2.24) is 0 Å². The van der Waals surface area contributed by atoms with Crippen LogP contribution in [0.3, 0.4) is 0 Å². The van der Waals surface area contributed by atoms with E-state index in [0.29, 0.717) is 0 Å². The van der Waals surface area contributed by atoms with Crippen molar-refractivity contribution in [2.75, 3.05) is 0 Å². The summed E-state index contributed by atoms with van der Waals surface area (Å²) >= 11 is 1.33. The summed E-state index contributed by atoms with van der Waals surface area (Å²) in [5, 5.41) is 0. The third-order valence-electron chi connectivity index (χ3n) is 1.06. The van der Waals surface area contributed by atoms with Crippen molar-refractivity contribution in [3.05, 3.63) is 69.1 Å². The Balaban J connectivity index is -0.0000000557.